The molecule has 0 saturated carbocycles. The largest absolute Gasteiger partial charge is 0.465 e. The van der Waals surface area contributed by atoms with Gasteiger partial charge in [-0.1, -0.05) is 6.07 Å². The van der Waals surface area contributed by atoms with Crippen molar-refractivity contribution in [3.05, 3.63) is 34.9 Å². The minimum atomic E-state index is -0.303. The van der Waals surface area contributed by atoms with Crippen molar-refractivity contribution in [2.75, 3.05) is 13.7 Å². The molecule has 0 bridgehead atoms. The fourth-order valence-corrected chi connectivity index (χ4v) is 3.22. The fourth-order valence-electron chi connectivity index (χ4n) is 3.22. The number of nitrogens with one attached hydrogen (secondary N) is 1. The van der Waals surface area contributed by atoms with E-state index in [0.717, 1.165) is 25.8 Å². The van der Waals surface area contributed by atoms with Crippen molar-refractivity contribution in [2.24, 2.45) is 5.41 Å². The number of rotatable bonds is 1. The van der Waals surface area contributed by atoms with Crippen LogP contribution in [0.3, 0.4) is 0 Å². The summed E-state index contributed by atoms with van der Waals surface area (Å²) in [5.41, 5.74) is 3.12. The maximum absolute atomic E-state index is 11.6. The second-order valence-electron chi connectivity index (χ2n) is 5.61. The van der Waals surface area contributed by atoms with Gasteiger partial charge in [0.05, 0.1) is 12.7 Å². The molecule has 1 aromatic rings. The Hall–Kier alpha value is -1.84. The van der Waals surface area contributed by atoms with Crippen LogP contribution in [0.15, 0.2) is 18.2 Å². The third-order valence-corrected chi connectivity index (χ3v) is 4.31. The van der Waals surface area contributed by atoms with Crippen molar-refractivity contribution in [1.29, 1.82) is 0 Å². The maximum atomic E-state index is 11.6. The van der Waals surface area contributed by atoms with Crippen LogP contribution in [0.5, 0.6) is 0 Å². The smallest absolute Gasteiger partial charge is 0.337 e. The number of amides is 1. The van der Waals surface area contributed by atoms with E-state index in [-0.39, 0.29) is 17.3 Å². The van der Waals surface area contributed by atoms with Crippen molar-refractivity contribution in [3.63, 3.8) is 0 Å². The topological polar surface area (TPSA) is 55.4 Å². The number of ether oxygens (including phenoxy) is 1. The molecule has 1 aliphatic carbocycles. The summed E-state index contributed by atoms with van der Waals surface area (Å²) in [5.74, 6) is -0.157. The lowest BCUT2D eigenvalue weighted by Crippen LogP contribution is -2.31. The Kier molecular flexibility index (Phi) is 2.81. The van der Waals surface area contributed by atoms with Crippen LogP contribution in [-0.4, -0.2) is 25.5 Å². The number of methoxy groups -OCH3 is 1. The van der Waals surface area contributed by atoms with Gasteiger partial charge in [-0.05, 0) is 42.5 Å². The average Bonchev–Trinajstić information content (AvgIpc) is 2.78. The Balaban J connectivity index is 1.90. The van der Waals surface area contributed by atoms with Crippen LogP contribution in [0.2, 0.25) is 0 Å². The Labute approximate surface area is 112 Å². The Morgan fingerprint density at radius 3 is 2.84 bits per heavy atom. The highest BCUT2D eigenvalue weighted by Gasteiger charge is 2.40. The van der Waals surface area contributed by atoms with Gasteiger partial charge in [-0.2, -0.15) is 0 Å². The van der Waals surface area contributed by atoms with Crippen molar-refractivity contribution >= 4 is 11.9 Å². The molecule has 3 rings (SSSR count). The summed E-state index contributed by atoms with van der Waals surface area (Å²) in [6.45, 7) is 0.758. The van der Waals surface area contributed by atoms with Crippen molar-refractivity contribution in [3.8, 4) is 0 Å². The minimum Gasteiger partial charge on any atom is -0.465 e. The van der Waals surface area contributed by atoms with Gasteiger partial charge in [0.15, 0.2) is 0 Å². The summed E-state index contributed by atoms with van der Waals surface area (Å²) < 4.78 is 4.76. The predicted octanol–water partition coefficient (Wildman–Crippen LogP) is 1.47. The highest BCUT2D eigenvalue weighted by Crippen LogP contribution is 2.40. The second-order valence-corrected chi connectivity index (χ2v) is 5.61. The van der Waals surface area contributed by atoms with Crippen LogP contribution in [0.1, 0.15) is 34.3 Å². The number of fused-ring (bicyclic) bond motifs is 1. The lowest BCUT2D eigenvalue weighted by molar-refractivity contribution is -0.119. The van der Waals surface area contributed by atoms with Gasteiger partial charge in [0, 0.05) is 18.4 Å². The van der Waals surface area contributed by atoms with Gasteiger partial charge in [-0.25, -0.2) is 4.79 Å². The lowest BCUT2D eigenvalue weighted by atomic mass is 9.71. The van der Waals surface area contributed by atoms with E-state index in [1.54, 1.807) is 0 Å². The number of carbonyl (C=O) groups is 2. The molecule has 1 atom stereocenters. The van der Waals surface area contributed by atoms with E-state index in [0.29, 0.717) is 12.0 Å². The second kappa shape index (κ2) is 4.37. The molecule has 0 aromatic heterocycles. The molecule has 1 saturated heterocycles. The molecule has 100 valence electrons. The molecule has 1 heterocycles. The lowest BCUT2D eigenvalue weighted by Gasteiger charge is -2.33. The van der Waals surface area contributed by atoms with Gasteiger partial charge >= 0.3 is 5.97 Å². The number of esters is 1. The first-order valence-electron chi connectivity index (χ1n) is 6.59. The molecule has 1 amide bonds. The average molecular weight is 259 g/mol. The van der Waals surface area contributed by atoms with E-state index >= 15 is 0 Å². The fraction of sp³-hybridized carbons (Fsp3) is 0.467. The van der Waals surface area contributed by atoms with E-state index in [9.17, 15) is 9.59 Å². The van der Waals surface area contributed by atoms with E-state index in [2.05, 4.69) is 5.32 Å². The molecule has 2 aliphatic rings. The molecular weight excluding hydrogens is 242 g/mol. The molecule has 19 heavy (non-hydrogen) atoms. The zero-order chi connectivity index (χ0) is 13.5. The first-order chi connectivity index (χ1) is 9.12. The molecule has 1 aromatic carbocycles. The molecule has 1 aliphatic heterocycles. The summed E-state index contributed by atoms with van der Waals surface area (Å²) in [4.78, 5) is 23.0. The number of benzene rings is 1. The van der Waals surface area contributed by atoms with Crippen LogP contribution in [0.25, 0.3) is 0 Å². The van der Waals surface area contributed by atoms with Crippen LogP contribution in [0, 0.1) is 5.41 Å². The molecule has 4 heteroatoms. The third-order valence-electron chi connectivity index (χ3n) is 4.31. The maximum Gasteiger partial charge on any atom is 0.337 e. The minimum absolute atomic E-state index is 0.0544. The summed E-state index contributed by atoms with van der Waals surface area (Å²) >= 11 is 0. The van der Waals surface area contributed by atoms with Gasteiger partial charge in [-0.3, -0.25) is 4.79 Å². The van der Waals surface area contributed by atoms with Gasteiger partial charge in [0.25, 0.3) is 0 Å². The summed E-state index contributed by atoms with van der Waals surface area (Å²) in [6.07, 6.45) is 3.49. The molecule has 4 nitrogen and oxygen atoms in total. The monoisotopic (exact) mass is 259 g/mol. The van der Waals surface area contributed by atoms with E-state index in [1.807, 2.05) is 18.2 Å². The third kappa shape index (κ3) is 2.11. The van der Waals surface area contributed by atoms with Gasteiger partial charge in [-0.15, -0.1) is 0 Å². The summed E-state index contributed by atoms with van der Waals surface area (Å²) in [6, 6.07) is 5.75. The molecule has 0 radical (unpaired) electrons. The molecule has 1 unspecified atom stereocenters. The Morgan fingerprint density at radius 2 is 2.16 bits per heavy atom. The number of hydrogen-bond donors (Lipinski definition) is 1. The highest BCUT2D eigenvalue weighted by atomic mass is 16.5. The van der Waals surface area contributed by atoms with Crippen LogP contribution in [-0.2, 0) is 22.4 Å². The van der Waals surface area contributed by atoms with Crippen molar-refractivity contribution < 1.29 is 14.3 Å². The van der Waals surface area contributed by atoms with Gasteiger partial charge < -0.3 is 10.1 Å². The number of aryl methyl sites for hydroxylation is 1. The molecule has 1 spiro atoms. The van der Waals surface area contributed by atoms with Crippen molar-refractivity contribution in [2.45, 2.75) is 25.7 Å². The van der Waals surface area contributed by atoms with Crippen LogP contribution >= 0.6 is 0 Å². The first kappa shape index (κ1) is 12.2. The van der Waals surface area contributed by atoms with Crippen molar-refractivity contribution in [1.82, 2.24) is 5.32 Å². The SMILES string of the molecule is COC(=O)c1ccc2c(c1)CC1(CC2)CNC(=O)C1. The van der Waals surface area contributed by atoms with Crippen LogP contribution in [0.4, 0.5) is 0 Å². The standard InChI is InChI=1S/C15H17NO3/c1-19-14(18)11-3-2-10-4-5-15(7-12(10)6-11)8-13(17)16-9-15/h2-3,6H,4-5,7-9H2,1H3,(H,16,17). The summed E-state index contributed by atoms with van der Waals surface area (Å²) in [5, 5.41) is 2.93. The Morgan fingerprint density at radius 1 is 1.32 bits per heavy atom. The van der Waals surface area contributed by atoms with Crippen LogP contribution < -0.4 is 5.32 Å². The number of carbonyl (C=O) groups excluding carboxylic acids is 2. The predicted molar refractivity (Wildman–Crippen MR) is 69.9 cm³/mol. The Bertz CT molecular complexity index is 552. The summed E-state index contributed by atoms with van der Waals surface area (Å²) in [7, 11) is 1.39. The first-order valence-corrected chi connectivity index (χ1v) is 6.59. The van der Waals surface area contributed by atoms with Gasteiger partial charge in [0.2, 0.25) is 5.91 Å². The highest BCUT2D eigenvalue weighted by molar-refractivity contribution is 5.89. The van der Waals surface area contributed by atoms with E-state index in [4.69, 9.17) is 4.74 Å². The molecular formula is C15H17NO3. The zero-order valence-corrected chi connectivity index (χ0v) is 11.0. The molecule has 1 N–H and O–H groups in total. The van der Waals surface area contributed by atoms with E-state index in [1.165, 1.54) is 18.2 Å². The quantitative estimate of drug-likeness (QED) is 0.777. The number of hydrogen-bond acceptors (Lipinski definition) is 3. The van der Waals surface area contributed by atoms with E-state index < -0.39 is 0 Å². The van der Waals surface area contributed by atoms with Gasteiger partial charge in [0.1, 0.15) is 0 Å². The normalized spacial score (nSPS) is 25.0. The molecule has 1 fully saturated rings. The zero-order valence-electron chi connectivity index (χ0n) is 11.0.